The SMILES string of the molecule is CCCc1cc(N)nc(C2SCCSC2CC)n1. The highest BCUT2D eigenvalue weighted by molar-refractivity contribution is 8.06. The van der Waals surface area contributed by atoms with Crippen LogP contribution in [0.1, 0.15) is 43.5 Å². The summed E-state index contributed by atoms with van der Waals surface area (Å²) < 4.78 is 0. The van der Waals surface area contributed by atoms with Crippen molar-refractivity contribution in [1.29, 1.82) is 0 Å². The van der Waals surface area contributed by atoms with Crippen molar-refractivity contribution in [3.63, 3.8) is 0 Å². The first kappa shape index (κ1) is 14.0. The Labute approximate surface area is 118 Å². The molecule has 2 rings (SSSR count). The van der Waals surface area contributed by atoms with E-state index in [0.717, 1.165) is 24.4 Å². The van der Waals surface area contributed by atoms with E-state index in [2.05, 4.69) is 18.8 Å². The van der Waals surface area contributed by atoms with E-state index < -0.39 is 0 Å². The Morgan fingerprint density at radius 3 is 2.78 bits per heavy atom. The minimum Gasteiger partial charge on any atom is -0.384 e. The maximum Gasteiger partial charge on any atom is 0.145 e. The number of anilines is 1. The molecule has 0 aliphatic carbocycles. The normalized spacial score (nSPS) is 24.1. The molecule has 0 amide bonds. The quantitative estimate of drug-likeness (QED) is 0.918. The molecule has 2 N–H and O–H groups in total. The van der Waals surface area contributed by atoms with Gasteiger partial charge in [0, 0.05) is 28.5 Å². The van der Waals surface area contributed by atoms with Gasteiger partial charge in [-0.3, -0.25) is 0 Å². The summed E-state index contributed by atoms with van der Waals surface area (Å²) in [6.45, 7) is 4.41. The summed E-state index contributed by atoms with van der Waals surface area (Å²) in [5.41, 5.74) is 7.01. The molecule has 0 bridgehead atoms. The third kappa shape index (κ3) is 3.32. The van der Waals surface area contributed by atoms with Crippen molar-refractivity contribution in [2.75, 3.05) is 17.2 Å². The Hall–Kier alpha value is -0.420. The molecule has 0 saturated carbocycles. The highest BCUT2D eigenvalue weighted by Crippen LogP contribution is 2.42. The van der Waals surface area contributed by atoms with Crippen molar-refractivity contribution in [3.8, 4) is 0 Å². The fourth-order valence-electron chi connectivity index (χ4n) is 2.19. The molecule has 100 valence electrons. The minimum atomic E-state index is 0.410. The number of hydrogen-bond donors (Lipinski definition) is 1. The van der Waals surface area contributed by atoms with Crippen molar-refractivity contribution in [1.82, 2.24) is 9.97 Å². The summed E-state index contributed by atoms with van der Waals surface area (Å²) >= 11 is 4.03. The van der Waals surface area contributed by atoms with Crippen LogP contribution in [0.3, 0.4) is 0 Å². The van der Waals surface area contributed by atoms with Gasteiger partial charge < -0.3 is 5.73 Å². The van der Waals surface area contributed by atoms with Crippen molar-refractivity contribution in [2.24, 2.45) is 0 Å². The van der Waals surface area contributed by atoms with Gasteiger partial charge in [-0.15, -0.1) is 11.8 Å². The van der Waals surface area contributed by atoms with Gasteiger partial charge in [0.1, 0.15) is 11.6 Å². The Morgan fingerprint density at radius 1 is 1.28 bits per heavy atom. The van der Waals surface area contributed by atoms with E-state index >= 15 is 0 Å². The van der Waals surface area contributed by atoms with Gasteiger partial charge >= 0.3 is 0 Å². The standard InChI is InChI=1S/C13H21N3S2/c1-3-5-9-8-11(14)16-13(15-9)12-10(4-2)17-6-7-18-12/h8,10,12H,3-7H2,1-2H3,(H2,14,15,16). The molecular weight excluding hydrogens is 262 g/mol. The van der Waals surface area contributed by atoms with Gasteiger partial charge in [0.25, 0.3) is 0 Å². The van der Waals surface area contributed by atoms with Crippen LogP contribution in [-0.2, 0) is 6.42 Å². The van der Waals surface area contributed by atoms with Crippen molar-refractivity contribution in [3.05, 3.63) is 17.6 Å². The molecule has 1 aliphatic heterocycles. The number of nitrogen functional groups attached to an aromatic ring is 1. The number of nitrogens with zero attached hydrogens (tertiary/aromatic N) is 2. The van der Waals surface area contributed by atoms with Gasteiger partial charge in [-0.05, 0) is 12.8 Å². The van der Waals surface area contributed by atoms with Gasteiger partial charge in [0.2, 0.25) is 0 Å². The van der Waals surface area contributed by atoms with Gasteiger partial charge in [-0.2, -0.15) is 11.8 Å². The van der Waals surface area contributed by atoms with E-state index in [1.807, 2.05) is 29.6 Å². The summed E-state index contributed by atoms with van der Waals surface area (Å²) in [5.74, 6) is 3.99. The largest absolute Gasteiger partial charge is 0.384 e. The van der Waals surface area contributed by atoms with E-state index in [0.29, 0.717) is 16.3 Å². The van der Waals surface area contributed by atoms with Crippen LogP contribution in [0.25, 0.3) is 0 Å². The minimum absolute atomic E-state index is 0.410. The lowest BCUT2D eigenvalue weighted by molar-refractivity contribution is 0.737. The second kappa shape index (κ2) is 6.66. The monoisotopic (exact) mass is 283 g/mol. The molecule has 3 nitrogen and oxygen atoms in total. The van der Waals surface area contributed by atoms with Crippen molar-refractivity contribution >= 4 is 29.3 Å². The van der Waals surface area contributed by atoms with Crippen LogP contribution >= 0.6 is 23.5 Å². The van der Waals surface area contributed by atoms with Gasteiger partial charge in [-0.1, -0.05) is 20.3 Å². The maximum absolute atomic E-state index is 5.92. The fourth-order valence-corrected chi connectivity index (χ4v) is 5.18. The molecule has 1 fully saturated rings. The highest BCUT2D eigenvalue weighted by Gasteiger charge is 2.29. The number of thioether (sulfide) groups is 2. The summed E-state index contributed by atoms with van der Waals surface area (Å²) in [6.07, 6.45) is 3.25. The van der Waals surface area contributed by atoms with Crippen LogP contribution < -0.4 is 5.73 Å². The number of nitrogens with two attached hydrogens (primary N) is 1. The number of aryl methyl sites for hydroxylation is 1. The first-order valence-corrected chi connectivity index (χ1v) is 8.70. The Balaban J connectivity index is 2.24. The lowest BCUT2D eigenvalue weighted by Crippen LogP contribution is -2.21. The highest BCUT2D eigenvalue weighted by atomic mass is 32.2. The lowest BCUT2D eigenvalue weighted by atomic mass is 10.2. The average molecular weight is 283 g/mol. The van der Waals surface area contributed by atoms with Crippen LogP contribution in [0.15, 0.2) is 6.07 Å². The Morgan fingerprint density at radius 2 is 2.06 bits per heavy atom. The molecule has 2 heterocycles. The molecule has 0 spiro atoms. The van der Waals surface area contributed by atoms with Gasteiger partial charge in [-0.25, -0.2) is 9.97 Å². The molecule has 5 heteroatoms. The van der Waals surface area contributed by atoms with Crippen LogP contribution in [-0.4, -0.2) is 26.7 Å². The number of hydrogen-bond acceptors (Lipinski definition) is 5. The fraction of sp³-hybridized carbons (Fsp3) is 0.692. The zero-order valence-electron chi connectivity index (χ0n) is 11.1. The summed E-state index contributed by atoms with van der Waals surface area (Å²) in [5, 5.41) is 1.04. The molecule has 1 aliphatic rings. The Kier molecular flexibility index (Phi) is 5.18. The second-order valence-electron chi connectivity index (χ2n) is 4.50. The second-order valence-corrected chi connectivity index (χ2v) is 7.10. The molecule has 0 radical (unpaired) electrons. The molecule has 1 saturated heterocycles. The number of rotatable bonds is 4. The first-order valence-electron chi connectivity index (χ1n) is 6.61. The maximum atomic E-state index is 5.92. The van der Waals surface area contributed by atoms with Gasteiger partial charge in [0.15, 0.2) is 0 Å². The molecule has 1 aromatic rings. The van der Waals surface area contributed by atoms with E-state index in [-0.39, 0.29) is 0 Å². The predicted molar refractivity (Wildman–Crippen MR) is 82.2 cm³/mol. The zero-order valence-corrected chi connectivity index (χ0v) is 12.7. The molecule has 2 atom stereocenters. The lowest BCUT2D eigenvalue weighted by Gasteiger charge is -2.29. The van der Waals surface area contributed by atoms with Crippen LogP contribution in [0.5, 0.6) is 0 Å². The first-order chi connectivity index (χ1) is 8.74. The summed E-state index contributed by atoms with van der Waals surface area (Å²) in [7, 11) is 0. The average Bonchev–Trinajstić information content (AvgIpc) is 2.38. The van der Waals surface area contributed by atoms with E-state index in [9.17, 15) is 0 Å². The third-order valence-corrected chi connectivity index (χ3v) is 6.27. The van der Waals surface area contributed by atoms with Crippen LogP contribution in [0.4, 0.5) is 5.82 Å². The van der Waals surface area contributed by atoms with E-state index in [4.69, 9.17) is 10.7 Å². The topological polar surface area (TPSA) is 51.8 Å². The molecule has 18 heavy (non-hydrogen) atoms. The third-order valence-electron chi connectivity index (χ3n) is 3.03. The summed E-state index contributed by atoms with van der Waals surface area (Å²) in [4.78, 5) is 9.19. The van der Waals surface area contributed by atoms with Crippen LogP contribution in [0, 0.1) is 0 Å². The molecule has 1 aromatic heterocycles. The molecule has 2 unspecified atom stereocenters. The Bertz CT molecular complexity index is 398. The van der Waals surface area contributed by atoms with Crippen molar-refractivity contribution < 1.29 is 0 Å². The van der Waals surface area contributed by atoms with Crippen molar-refractivity contribution in [2.45, 2.75) is 43.6 Å². The van der Waals surface area contributed by atoms with Crippen LogP contribution in [0.2, 0.25) is 0 Å². The number of aromatic nitrogens is 2. The van der Waals surface area contributed by atoms with E-state index in [1.165, 1.54) is 17.9 Å². The predicted octanol–water partition coefficient (Wildman–Crippen LogP) is 3.31. The van der Waals surface area contributed by atoms with E-state index in [1.54, 1.807) is 0 Å². The summed E-state index contributed by atoms with van der Waals surface area (Å²) in [6, 6.07) is 1.91. The van der Waals surface area contributed by atoms with Gasteiger partial charge in [0.05, 0.1) is 5.25 Å². The molecular formula is C13H21N3S2. The zero-order chi connectivity index (χ0) is 13.0. The molecule has 0 aromatic carbocycles. The smallest absolute Gasteiger partial charge is 0.145 e.